The third-order valence-electron chi connectivity index (χ3n) is 5.09. The summed E-state index contributed by atoms with van der Waals surface area (Å²) in [6.07, 6.45) is 14.7. The molecule has 3 heteroatoms. The molecule has 0 amide bonds. The maximum Gasteiger partial charge on any atom is 0.197 e. The molecule has 3 rings (SSSR count). The summed E-state index contributed by atoms with van der Waals surface area (Å²) >= 11 is 0. The molecule has 2 fully saturated rings. The van der Waals surface area contributed by atoms with Crippen LogP contribution in [0.15, 0.2) is 6.20 Å². The minimum absolute atomic E-state index is 0.581. The number of aromatic amines is 1. The number of nitrogens with zero attached hydrogens (tertiary/aromatic N) is 1. The highest BCUT2D eigenvalue weighted by molar-refractivity contribution is 5.22. The Morgan fingerprint density at radius 1 is 1.00 bits per heavy atom. The fraction of sp³-hybridized carbons (Fsp3) is 0.800. The highest BCUT2D eigenvalue weighted by Gasteiger charge is 2.34. The van der Waals surface area contributed by atoms with Crippen LogP contribution >= 0.6 is 0 Å². The summed E-state index contributed by atoms with van der Waals surface area (Å²) in [5.41, 5.74) is 7.04. The van der Waals surface area contributed by atoms with Gasteiger partial charge in [-0.3, -0.25) is 0 Å². The van der Waals surface area contributed by atoms with Crippen molar-refractivity contribution in [2.75, 3.05) is 5.73 Å². The van der Waals surface area contributed by atoms with E-state index in [1.54, 1.807) is 0 Å². The smallest absolute Gasteiger partial charge is 0.197 e. The predicted molar refractivity (Wildman–Crippen MR) is 74.3 cm³/mol. The molecule has 100 valence electrons. The number of aromatic nitrogens is 2. The zero-order valence-corrected chi connectivity index (χ0v) is 11.2. The van der Waals surface area contributed by atoms with Gasteiger partial charge < -0.3 is 10.7 Å². The summed E-state index contributed by atoms with van der Waals surface area (Å²) in [5, 5.41) is 0. The van der Waals surface area contributed by atoms with Crippen LogP contribution in [0.4, 0.5) is 5.95 Å². The van der Waals surface area contributed by atoms with Gasteiger partial charge in [0.25, 0.3) is 0 Å². The maximum absolute atomic E-state index is 5.74. The lowest BCUT2D eigenvalue weighted by Gasteiger charge is -2.38. The number of H-pyrrole nitrogens is 1. The molecule has 3 nitrogen and oxygen atoms in total. The molecule has 0 aliphatic heterocycles. The number of imidazole rings is 1. The lowest BCUT2D eigenvalue weighted by Crippen LogP contribution is -2.27. The molecule has 0 aromatic carbocycles. The van der Waals surface area contributed by atoms with Crippen LogP contribution in [0.2, 0.25) is 0 Å². The van der Waals surface area contributed by atoms with Crippen LogP contribution in [0.25, 0.3) is 0 Å². The molecule has 2 unspecified atom stereocenters. The van der Waals surface area contributed by atoms with Gasteiger partial charge in [0.05, 0.1) is 6.20 Å². The molecule has 0 spiro atoms. The normalized spacial score (nSPS) is 30.4. The van der Waals surface area contributed by atoms with Gasteiger partial charge in [-0.05, 0) is 24.7 Å². The lowest BCUT2D eigenvalue weighted by atomic mass is 9.67. The summed E-state index contributed by atoms with van der Waals surface area (Å²) in [6, 6.07) is 0. The predicted octanol–water partition coefficient (Wildman–Crippen LogP) is 3.85. The molecule has 1 heterocycles. The van der Waals surface area contributed by atoms with E-state index in [4.69, 9.17) is 5.73 Å². The number of nitrogen functional groups attached to an aromatic ring is 1. The largest absolute Gasteiger partial charge is 0.369 e. The first-order valence-corrected chi connectivity index (χ1v) is 7.65. The van der Waals surface area contributed by atoms with E-state index in [-0.39, 0.29) is 0 Å². The van der Waals surface area contributed by atoms with Crippen LogP contribution in [0.3, 0.4) is 0 Å². The van der Waals surface area contributed by atoms with Gasteiger partial charge in [0.2, 0.25) is 0 Å². The number of anilines is 1. The molecule has 0 bridgehead atoms. The van der Waals surface area contributed by atoms with E-state index in [1.807, 2.05) is 6.20 Å². The first-order valence-electron chi connectivity index (χ1n) is 7.65. The SMILES string of the molecule is Nc1ncc(C2CCCCC2C2CCCCC2)[nH]1. The Bertz CT molecular complexity index is 379. The van der Waals surface area contributed by atoms with Gasteiger partial charge in [-0.2, -0.15) is 0 Å². The zero-order chi connectivity index (χ0) is 12.4. The molecular formula is C15H25N3. The average Bonchev–Trinajstić information content (AvgIpc) is 2.86. The molecule has 2 aliphatic rings. The Balaban J connectivity index is 1.76. The van der Waals surface area contributed by atoms with Crippen LogP contribution in [0.5, 0.6) is 0 Å². The van der Waals surface area contributed by atoms with Crippen LogP contribution in [-0.2, 0) is 0 Å². The molecule has 0 radical (unpaired) electrons. The molecule has 1 aromatic heterocycles. The summed E-state index contributed by atoms with van der Waals surface area (Å²) < 4.78 is 0. The fourth-order valence-electron chi connectivity index (χ4n) is 4.21. The number of hydrogen-bond donors (Lipinski definition) is 2. The summed E-state index contributed by atoms with van der Waals surface area (Å²) in [5.74, 6) is 3.09. The van der Waals surface area contributed by atoms with Crippen molar-refractivity contribution < 1.29 is 0 Å². The van der Waals surface area contributed by atoms with Gasteiger partial charge in [-0.1, -0.05) is 44.9 Å². The van der Waals surface area contributed by atoms with E-state index in [2.05, 4.69) is 9.97 Å². The van der Waals surface area contributed by atoms with Gasteiger partial charge in [0.1, 0.15) is 0 Å². The third-order valence-corrected chi connectivity index (χ3v) is 5.09. The van der Waals surface area contributed by atoms with Gasteiger partial charge in [0, 0.05) is 11.6 Å². The van der Waals surface area contributed by atoms with E-state index in [0.29, 0.717) is 11.9 Å². The standard InChI is InChI=1S/C15H25N3/c16-15-17-10-14(18-15)13-9-5-4-8-12(13)11-6-2-1-3-7-11/h10-13H,1-9H2,(H3,16,17,18). The maximum atomic E-state index is 5.74. The van der Waals surface area contributed by atoms with Gasteiger partial charge in [0.15, 0.2) is 5.95 Å². The Hall–Kier alpha value is -0.990. The van der Waals surface area contributed by atoms with Crippen molar-refractivity contribution in [3.8, 4) is 0 Å². The number of hydrogen-bond acceptors (Lipinski definition) is 2. The van der Waals surface area contributed by atoms with Crippen molar-refractivity contribution in [2.45, 2.75) is 63.7 Å². The quantitative estimate of drug-likeness (QED) is 0.834. The Morgan fingerprint density at radius 3 is 2.44 bits per heavy atom. The monoisotopic (exact) mass is 247 g/mol. The molecule has 2 atom stereocenters. The summed E-state index contributed by atoms with van der Waals surface area (Å²) in [7, 11) is 0. The Morgan fingerprint density at radius 2 is 1.72 bits per heavy atom. The van der Waals surface area contributed by atoms with Crippen LogP contribution < -0.4 is 5.73 Å². The van der Waals surface area contributed by atoms with Crippen molar-refractivity contribution >= 4 is 5.95 Å². The van der Waals surface area contributed by atoms with Crippen molar-refractivity contribution in [2.24, 2.45) is 11.8 Å². The molecular weight excluding hydrogens is 222 g/mol. The number of nitrogens with one attached hydrogen (secondary N) is 1. The van der Waals surface area contributed by atoms with Crippen LogP contribution in [-0.4, -0.2) is 9.97 Å². The van der Waals surface area contributed by atoms with Crippen molar-refractivity contribution in [1.29, 1.82) is 0 Å². The molecule has 3 N–H and O–H groups in total. The topological polar surface area (TPSA) is 54.7 Å². The summed E-state index contributed by atoms with van der Waals surface area (Å²) in [4.78, 5) is 7.48. The second-order valence-electron chi connectivity index (χ2n) is 6.18. The van der Waals surface area contributed by atoms with Gasteiger partial charge >= 0.3 is 0 Å². The minimum atomic E-state index is 0.581. The second kappa shape index (κ2) is 5.33. The second-order valence-corrected chi connectivity index (χ2v) is 6.18. The number of rotatable bonds is 2. The fourth-order valence-corrected chi connectivity index (χ4v) is 4.21. The van der Waals surface area contributed by atoms with Crippen molar-refractivity contribution in [1.82, 2.24) is 9.97 Å². The first kappa shape index (κ1) is 12.1. The lowest BCUT2D eigenvalue weighted by molar-refractivity contribution is 0.168. The molecule has 0 saturated heterocycles. The highest BCUT2D eigenvalue weighted by atomic mass is 15.0. The Kier molecular flexibility index (Phi) is 3.57. The minimum Gasteiger partial charge on any atom is -0.369 e. The molecule has 18 heavy (non-hydrogen) atoms. The molecule has 1 aromatic rings. The third kappa shape index (κ3) is 2.40. The van der Waals surface area contributed by atoms with Crippen LogP contribution in [0.1, 0.15) is 69.4 Å². The van der Waals surface area contributed by atoms with E-state index in [1.165, 1.54) is 63.5 Å². The van der Waals surface area contributed by atoms with Gasteiger partial charge in [-0.25, -0.2) is 4.98 Å². The van der Waals surface area contributed by atoms with E-state index in [9.17, 15) is 0 Å². The molecule has 2 saturated carbocycles. The van der Waals surface area contributed by atoms with Crippen molar-refractivity contribution in [3.05, 3.63) is 11.9 Å². The number of nitrogens with two attached hydrogens (primary N) is 1. The zero-order valence-electron chi connectivity index (χ0n) is 11.2. The van der Waals surface area contributed by atoms with E-state index >= 15 is 0 Å². The summed E-state index contributed by atoms with van der Waals surface area (Å²) in [6.45, 7) is 0. The first-order chi connectivity index (χ1) is 8.84. The van der Waals surface area contributed by atoms with Crippen molar-refractivity contribution in [3.63, 3.8) is 0 Å². The molecule has 2 aliphatic carbocycles. The van der Waals surface area contributed by atoms with Gasteiger partial charge in [-0.15, -0.1) is 0 Å². The average molecular weight is 247 g/mol. The van der Waals surface area contributed by atoms with Crippen LogP contribution in [0, 0.1) is 11.8 Å². The van der Waals surface area contributed by atoms with E-state index in [0.717, 1.165) is 11.8 Å². The highest BCUT2D eigenvalue weighted by Crippen LogP contribution is 2.45. The van der Waals surface area contributed by atoms with E-state index < -0.39 is 0 Å². The Labute approximate surface area is 110 Å².